The second kappa shape index (κ2) is 5.10. The summed E-state index contributed by atoms with van der Waals surface area (Å²) in [6.07, 6.45) is 3.95. The van der Waals surface area contributed by atoms with Crippen LogP contribution in [0.3, 0.4) is 0 Å². The van der Waals surface area contributed by atoms with Crippen molar-refractivity contribution >= 4 is 5.91 Å². The largest absolute Gasteiger partial charge is 0.393 e. The van der Waals surface area contributed by atoms with Crippen LogP contribution in [-0.2, 0) is 7.05 Å². The molecule has 0 aliphatic heterocycles. The predicted molar refractivity (Wildman–Crippen MR) is 68.2 cm³/mol. The first-order valence-electron chi connectivity index (χ1n) is 6.49. The number of carbonyl (C=O) groups excluding carboxylic acids is 1. The Balaban J connectivity index is 2.02. The molecule has 1 aliphatic rings. The van der Waals surface area contributed by atoms with Crippen molar-refractivity contribution in [3.63, 3.8) is 0 Å². The number of amides is 1. The summed E-state index contributed by atoms with van der Waals surface area (Å²) in [7, 11) is 1.82. The fraction of sp³-hybridized carbons (Fsp3) is 0.692. The molecule has 1 aromatic rings. The van der Waals surface area contributed by atoms with Crippen LogP contribution in [0.1, 0.15) is 42.4 Å². The molecule has 1 atom stereocenters. The first-order chi connectivity index (χ1) is 8.52. The van der Waals surface area contributed by atoms with E-state index < -0.39 is 0 Å². The van der Waals surface area contributed by atoms with Crippen molar-refractivity contribution in [1.29, 1.82) is 0 Å². The first kappa shape index (κ1) is 13.1. The summed E-state index contributed by atoms with van der Waals surface area (Å²) < 4.78 is 1.74. The molecule has 2 rings (SSSR count). The maximum absolute atomic E-state index is 12.2. The van der Waals surface area contributed by atoms with Crippen LogP contribution in [0.2, 0.25) is 0 Å². The van der Waals surface area contributed by atoms with E-state index in [1.807, 2.05) is 14.0 Å². The van der Waals surface area contributed by atoms with Gasteiger partial charge >= 0.3 is 0 Å². The van der Waals surface area contributed by atoms with Crippen LogP contribution in [0, 0.1) is 12.8 Å². The summed E-state index contributed by atoms with van der Waals surface area (Å²) in [5, 5.41) is 12.4. The van der Waals surface area contributed by atoms with Crippen molar-refractivity contribution in [3.05, 3.63) is 17.7 Å². The van der Waals surface area contributed by atoms with Crippen molar-refractivity contribution in [2.75, 3.05) is 0 Å². The van der Waals surface area contributed by atoms with E-state index in [1.54, 1.807) is 10.9 Å². The molecule has 18 heavy (non-hydrogen) atoms. The molecule has 2 N–H and O–H groups in total. The fourth-order valence-corrected chi connectivity index (χ4v) is 2.62. The first-order valence-corrected chi connectivity index (χ1v) is 6.49. The smallest absolute Gasteiger partial charge is 0.270 e. The minimum Gasteiger partial charge on any atom is -0.393 e. The molecule has 0 radical (unpaired) electrons. The molecule has 1 saturated carbocycles. The van der Waals surface area contributed by atoms with Gasteiger partial charge in [-0.3, -0.25) is 4.79 Å². The van der Waals surface area contributed by atoms with E-state index in [2.05, 4.69) is 17.2 Å². The third-order valence-electron chi connectivity index (χ3n) is 3.81. The van der Waals surface area contributed by atoms with Crippen LogP contribution in [0.25, 0.3) is 0 Å². The van der Waals surface area contributed by atoms with E-state index in [0.717, 1.165) is 25.0 Å². The maximum Gasteiger partial charge on any atom is 0.270 e. The molecule has 0 bridgehead atoms. The molecule has 0 spiro atoms. The normalized spacial score (nSPS) is 24.4. The number of aryl methyl sites for hydroxylation is 2. The summed E-state index contributed by atoms with van der Waals surface area (Å²) in [6, 6.07) is 0.148. The van der Waals surface area contributed by atoms with E-state index in [0.29, 0.717) is 11.6 Å². The van der Waals surface area contributed by atoms with Gasteiger partial charge in [0, 0.05) is 13.1 Å². The van der Waals surface area contributed by atoms with Crippen LogP contribution in [-0.4, -0.2) is 32.7 Å². The lowest BCUT2D eigenvalue weighted by molar-refractivity contribution is 0.0231. The van der Waals surface area contributed by atoms with Gasteiger partial charge in [0.2, 0.25) is 0 Å². The Hall–Kier alpha value is -1.36. The SMILES string of the molecule is CC[C@@H](NC(=O)c1c(C)ncn1C)C1CC(O)C1. The topological polar surface area (TPSA) is 67.2 Å². The Morgan fingerprint density at radius 3 is 2.78 bits per heavy atom. The van der Waals surface area contributed by atoms with Crippen LogP contribution in [0.5, 0.6) is 0 Å². The summed E-state index contributed by atoms with van der Waals surface area (Å²) in [6.45, 7) is 3.90. The lowest BCUT2D eigenvalue weighted by Crippen LogP contribution is -2.47. The van der Waals surface area contributed by atoms with E-state index >= 15 is 0 Å². The molecule has 0 unspecified atom stereocenters. The molecule has 1 heterocycles. The number of hydrogen-bond donors (Lipinski definition) is 2. The molecule has 0 aromatic carbocycles. The molecule has 5 heteroatoms. The highest BCUT2D eigenvalue weighted by atomic mass is 16.3. The van der Waals surface area contributed by atoms with E-state index in [-0.39, 0.29) is 18.1 Å². The molecule has 5 nitrogen and oxygen atoms in total. The Kier molecular flexibility index (Phi) is 3.71. The zero-order valence-electron chi connectivity index (χ0n) is 11.2. The van der Waals surface area contributed by atoms with Crippen molar-refractivity contribution in [2.24, 2.45) is 13.0 Å². The molecule has 1 aromatic heterocycles. The number of nitrogens with zero attached hydrogens (tertiary/aromatic N) is 2. The second-order valence-corrected chi connectivity index (χ2v) is 5.16. The third kappa shape index (κ3) is 2.41. The molecule has 0 saturated heterocycles. The number of hydrogen-bond acceptors (Lipinski definition) is 3. The minimum atomic E-state index is -0.181. The van der Waals surface area contributed by atoms with Crippen LogP contribution < -0.4 is 5.32 Å². The number of aromatic nitrogens is 2. The lowest BCUT2D eigenvalue weighted by atomic mass is 9.76. The quantitative estimate of drug-likeness (QED) is 0.839. The average molecular weight is 251 g/mol. The van der Waals surface area contributed by atoms with Crippen molar-refractivity contribution < 1.29 is 9.90 Å². The number of aliphatic hydroxyl groups excluding tert-OH is 1. The van der Waals surface area contributed by atoms with Gasteiger partial charge in [-0.2, -0.15) is 0 Å². The van der Waals surface area contributed by atoms with Gasteiger partial charge in [0.15, 0.2) is 0 Å². The second-order valence-electron chi connectivity index (χ2n) is 5.16. The standard InChI is InChI=1S/C13H21N3O2/c1-4-11(9-5-10(17)6-9)15-13(18)12-8(2)14-7-16(12)3/h7,9-11,17H,4-6H2,1-3H3,(H,15,18)/t9?,10?,11-/m1/s1. The zero-order valence-corrected chi connectivity index (χ0v) is 11.2. The number of rotatable bonds is 4. The van der Waals surface area contributed by atoms with Gasteiger partial charge in [-0.05, 0) is 32.1 Å². The van der Waals surface area contributed by atoms with Gasteiger partial charge in [-0.25, -0.2) is 4.98 Å². The number of aliphatic hydroxyl groups is 1. The summed E-state index contributed by atoms with van der Waals surface area (Å²) in [4.78, 5) is 16.3. The van der Waals surface area contributed by atoms with Gasteiger partial charge in [-0.15, -0.1) is 0 Å². The van der Waals surface area contributed by atoms with Crippen molar-refractivity contribution in [2.45, 2.75) is 45.3 Å². The zero-order chi connectivity index (χ0) is 13.3. The third-order valence-corrected chi connectivity index (χ3v) is 3.81. The fourth-order valence-electron chi connectivity index (χ4n) is 2.62. The Bertz CT molecular complexity index is 416. The molecule has 1 aliphatic carbocycles. The Labute approximate surface area is 107 Å². The molecule has 100 valence electrons. The van der Waals surface area contributed by atoms with Crippen LogP contribution in [0.15, 0.2) is 6.33 Å². The predicted octanol–water partition coefficient (Wildman–Crippen LogP) is 1.01. The minimum absolute atomic E-state index is 0.0688. The van der Waals surface area contributed by atoms with Crippen LogP contribution in [0.4, 0.5) is 0 Å². The molecular formula is C13H21N3O2. The summed E-state index contributed by atoms with van der Waals surface area (Å²) >= 11 is 0. The highest BCUT2D eigenvalue weighted by molar-refractivity contribution is 5.93. The molecule has 1 fully saturated rings. The Morgan fingerprint density at radius 2 is 2.33 bits per heavy atom. The van der Waals surface area contributed by atoms with Gasteiger partial charge < -0.3 is 15.0 Å². The van der Waals surface area contributed by atoms with Gasteiger partial charge in [0.05, 0.1) is 18.1 Å². The Morgan fingerprint density at radius 1 is 1.67 bits per heavy atom. The highest BCUT2D eigenvalue weighted by Gasteiger charge is 2.34. The van der Waals surface area contributed by atoms with E-state index in [1.165, 1.54) is 0 Å². The summed E-state index contributed by atoms with van der Waals surface area (Å²) in [5.41, 5.74) is 1.37. The lowest BCUT2D eigenvalue weighted by Gasteiger charge is -2.37. The van der Waals surface area contributed by atoms with Gasteiger partial charge in [-0.1, -0.05) is 6.92 Å². The number of nitrogens with one attached hydrogen (secondary N) is 1. The van der Waals surface area contributed by atoms with Gasteiger partial charge in [0.1, 0.15) is 5.69 Å². The van der Waals surface area contributed by atoms with Crippen molar-refractivity contribution in [3.8, 4) is 0 Å². The summed E-state index contributed by atoms with van der Waals surface area (Å²) in [5.74, 6) is 0.336. The average Bonchev–Trinajstić information content (AvgIpc) is 2.62. The van der Waals surface area contributed by atoms with Crippen molar-refractivity contribution in [1.82, 2.24) is 14.9 Å². The van der Waals surface area contributed by atoms with Crippen LogP contribution >= 0.6 is 0 Å². The van der Waals surface area contributed by atoms with Gasteiger partial charge in [0.25, 0.3) is 5.91 Å². The van der Waals surface area contributed by atoms with E-state index in [4.69, 9.17) is 0 Å². The molecule has 1 amide bonds. The monoisotopic (exact) mass is 251 g/mol. The maximum atomic E-state index is 12.2. The number of carbonyl (C=O) groups is 1. The highest BCUT2D eigenvalue weighted by Crippen LogP contribution is 2.31. The molecular weight excluding hydrogens is 230 g/mol. The number of imidazole rings is 1. The van der Waals surface area contributed by atoms with E-state index in [9.17, 15) is 9.90 Å².